The van der Waals surface area contributed by atoms with Crippen LogP contribution < -0.4 is 5.73 Å². The number of Topliss-reactive ketones (excluding diaryl/α,β-unsaturated/α-hetero) is 1. The van der Waals surface area contributed by atoms with Crippen molar-refractivity contribution in [1.82, 2.24) is 0 Å². The Hall–Kier alpha value is -1.59. The molecule has 0 amide bonds. The number of hydrogen-bond donors (Lipinski definition) is 1. The first kappa shape index (κ1) is 17.4. The molecule has 1 atom stereocenters. The maximum atomic E-state index is 11.5. The van der Waals surface area contributed by atoms with Crippen LogP contribution in [0, 0.1) is 0 Å². The summed E-state index contributed by atoms with van der Waals surface area (Å²) in [6.07, 6.45) is 0.970. The number of ketones is 1. The van der Waals surface area contributed by atoms with E-state index in [-0.39, 0.29) is 18.6 Å². The third-order valence-corrected chi connectivity index (χ3v) is 2.12. The molecule has 108 valence electrons. The van der Waals surface area contributed by atoms with Crippen molar-refractivity contribution in [3.8, 4) is 0 Å². The SMILES string of the molecule is CC(C)(C)OC(=O)CC(N)CC(=O)CCCN=[N+]=[N-]. The zero-order chi connectivity index (χ0) is 14.9. The monoisotopic (exact) mass is 270 g/mol. The van der Waals surface area contributed by atoms with Gasteiger partial charge in [0.25, 0.3) is 0 Å². The smallest absolute Gasteiger partial charge is 0.307 e. The fraction of sp³-hybridized carbons (Fsp3) is 0.833. The second-order valence-corrected chi connectivity index (χ2v) is 5.35. The highest BCUT2D eigenvalue weighted by molar-refractivity contribution is 5.80. The van der Waals surface area contributed by atoms with Gasteiger partial charge in [0.2, 0.25) is 0 Å². The number of rotatable bonds is 8. The van der Waals surface area contributed by atoms with E-state index < -0.39 is 17.6 Å². The van der Waals surface area contributed by atoms with Gasteiger partial charge < -0.3 is 10.5 Å². The van der Waals surface area contributed by atoms with Crippen molar-refractivity contribution in [3.63, 3.8) is 0 Å². The lowest BCUT2D eigenvalue weighted by atomic mass is 10.0. The van der Waals surface area contributed by atoms with Crippen LogP contribution in [0.3, 0.4) is 0 Å². The highest BCUT2D eigenvalue weighted by atomic mass is 16.6. The first-order valence-electron chi connectivity index (χ1n) is 6.24. The van der Waals surface area contributed by atoms with Crippen LogP contribution in [0.1, 0.15) is 46.5 Å². The number of ether oxygens (including phenoxy) is 1. The molecule has 0 saturated carbocycles. The van der Waals surface area contributed by atoms with Crippen molar-refractivity contribution in [2.75, 3.05) is 6.54 Å². The second-order valence-electron chi connectivity index (χ2n) is 5.35. The Balaban J connectivity index is 3.90. The molecule has 7 heteroatoms. The number of carbonyl (C=O) groups is 2. The van der Waals surface area contributed by atoms with E-state index in [0.29, 0.717) is 19.4 Å². The van der Waals surface area contributed by atoms with E-state index in [4.69, 9.17) is 16.0 Å². The van der Waals surface area contributed by atoms with Gasteiger partial charge in [-0.3, -0.25) is 9.59 Å². The largest absolute Gasteiger partial charge is 0.460 e. The predicted molar refractivity (Wildman–Crippen MR) is 71.3 cm³/mol. The number of nitrogens with two attached hydrogens (primary N) is 1. The van der Waals surface area contributed by atoms with Crippen molar-refractivity contribution >= 4 is 11.8 Å². The molecule has 0 aliphatic heterocycles. The zero-order valence-electron chi connectivity index (χ0n) is 11.8. The summed E-state index contributed by atoms with van der Waals surface area (Å²) in [5.41, 5.74) is 13.2. The molecule has 0 aromatic heterocycles. The van der Waals surface area contributed by atoms with Gasteiger partial charge in [0, 0.05) is 30.3 Å². The van der Waals surface area contributed by atoms with E-state index in [0.717, 1.165) is 0 Å². The summed E-state index contributed by atoms with van der Waals surface area (Å²) in [7, 11) is 0. The van der Waals surface area contributed by atoms with Gasteiger partial charge in [-0.15, -0.1) is 0 Å². The first-order chi connectivity index (χ1) is 8.74. The zero-order valence-corrected chi connectivity index (χ0v) is 11.8. The maximum Gasteiger partial charge on any atom is 0.307 e. The van der Waals surface area contributed by atoms with E-state index >= 15 is 0 Å². The summed E-state index contributed by atoms with van der Waals surface area (Å²) >= 11 is 0. The molecule has 0 aliphatic rings. The van der Waals surface area contributed by atoms with Gasteiger partial charge in [-0.05, 0) is 32.7 Å². The van der Waals surface area contributed by atoms with Crippen LogP contribution in [0.5, 0.6) is 0 Å². The van der Waals surface area contributed by atoms with E-state index in [9.17, 15) is 9.59 Å². The average Bonchev–Trinajstić information content (AvgIpc) is 2.21. The summed E-state index contributed by atoms with van der Waals surface area (Å²) in [6, 6.07) is -0.526. The maximum absolute atomic E-state index is 11.5. The molecule has 0 saturated heterocycles. The third-order valence-electron chi connectivity index (χ3n) is 2.12. The Morgan fingerprint density at radius 3 is 2.53 bits per heavy atom. The van der Waals surface area contributed by atoms with Crippen molar-refractivity contribution in [2.24, 2.45) is 10.8 Å². The van der Waals surface area contributed by atoms with Crippen LogP contribution in [-0.2, 0) is 14.3 Å². The highest BCUT2D eigenvalue weighted by Crippen LogP contribution is 2.10. The molecule has 0 aromatic carbocycles. The summed E-state index contributed by atoms with van der Waals surface area (Å²) in [5.74, 6) is -0.439. The molecule has 0 aromatic rings. The molecule has 0 heterocycles. The lowest BCUT2D eigenvalue weighted by Crippen LogP contribution is -2.31. The minimum atomic E-state index is -0.546. The average molecular weight is 270 g/mol. The minimum Gasteiger partial charge on any atom is -0.460 e. The molecular formula is C12H22N4O3. The Labute approximate surface area is 113 Å². The summed E-state index contributed by atoms with van der Waals surface area (Å²) in [5, 5.41) is 3.33. The van der Waals surface area contributed by atoms with E-state index in [1.807, 2.05) is 0 Å². The standard InChI is InChI=1S/C12H22N4O3/c1-12(2,3)19-11(18)8-9(13)7-10(17)5-4-6-15-16-14/h9H,4-8,13H2,1-3H3. The summed E-state index contributed by atoms with van der Waals surface area (Å²) < 4.78 is 5.12. The van der Waals surface area contributed by atoms with Crippen molar-refractivity contribution in [2.45, 2.75) is 58.1 Å². The summed E-state index contributed by atoms with van der Waals surface area (Å²) in [4.78, 5) is 25.6. The fourth-order valence-electron chi connectivity index (χ4n) is 1.46. The number of hydrogen-bond acceptors (Lipinski definition) is 5. The first-order valence-corrected chi connectivity index (χ1v) is 6.24. The Kier molecular flexibility index (Phi) is 7.79. The molecule has 0 fully saturated rings. The van der Waals surface area contributed by atoms with Gasteiger partial charge in [0.15, 0.2) is 0 Å². The molecule has 2 N–H and O–H groups in total. The number of carbonyl (C=O) groups excluding carboxylic acids is 2. The number of esters is 1. The Morgan fingerprint density at radius 2 is 2.00 bits per heavy atom. The van der Waals surface area contributed by atoms with Gasteiger partial charge in [0.05, 0.1) is 6.42 Å². The van der Waals surface area contributed by atoms with E-state index in [1.165, 1.54) is 0 Å². The van der Waals surface area contributed by atoms with E-state index in [2.05, 4.69) is 10.0 Å². The molecule has 19 heavy (non-hydrogen) atoms. The Bertz CT molecular complexity index is 356. The molecule has 0 rings (SSSR count). The second kappa shape index (κ2) is 8.50. The van der Waals surface area contributed by atoms with Crippen LogP contribution >= 0.6 is 0 Å². The summed E-state index contributed by atoms with van der Waals surface area (Å²) in [6.45, 7) is 5.62. The number of azide groups is 1. The highest BCUT2D eigenvalue weighted by Gasteiger charge is 2.19. The van der Waals surface area contributed by atoms with Crippen LogP contribution in [0.4, 0.5) is 0 Å². The van der Waals surface area contributed by atoms with Gasteiger partial charge in [-0.2, -0.15) is 0 Å². The van der Waals surface area contributed by atoms with Crippen molar-refractivity contribution < 1.29 is 14.3 Å². The topological polar surface area (TPSA) is 118 Å². The quantitative estimate of drug-likeness (QED) is 0.239. The third kappa shape index (κ3) is 11.2. The van der Waals surface area contributed by atoms with Crippen LogP contribution in [0.15, 0.2) is 5.11 Å². The molecule has 0 bridgehead atoms. The number of nitrogens with zero attached hydrogens (tertiary/aromatic N) is 3. The normalized spacial score (nSPS) is 12.4. The lowest BCUT2D eigenvalue weighted by molar-refractivity contribution is -0.155. The molecule has 0 spiro atoms. The lowest BCUT2D eigenvalue weighted by Gasteiger charge is -2.20. The minimum absolute atomic E-state index is 0.0271. The van der Waals surface area contributed by atoms with Crippen LogP contribution in [-0.4, -0.2) is 29.9 Å². The van der Waals surface area contributed by atoms with Crippen molar-refractivity contribution in [3.05, 3.63) is 10.4 Å². The molecular weight excluding hydrogens is 248 g/mol. The van der Waals surface area contributed by atoms with Gasteiger partial charge in [-0.1, -0.05) is 5.11 Å². The Morgan fingerprint density at radius 1 is 1.37 bits per heavy atom. The van der Waals surface area contributed by atoms with Gasteiger partial charge >= 0.3 is 5.97 Å². The van der Waals surface area contributed by atoms with Crippen LogP contribution in [0.25, 0.3) is 10.4 Å². The van der Waals surface area contributed by atoms with Crippen molar-refractivity contribution in [1.29, 1.82) is 0 Å². The molecule has 7 nitrogen and oxygen atoms in total. The molecule has 0 radical (unpaired) electrons. The van der Waals surface area contributed by atoms with Crippen LogP contribution in [0.2, 0.25) is 0 Å². The fourth-order valence-corrected chi connectivity index (χ4v) is 1.46. The molecule has 1 unspecified atom stereocenters. The molecule has 0 aliphatic carbocycles. The van der Waals surface area contributed by atoms with Gasteiger partial charge in [0.1, 0.15) is 11.4 Å². The van der Waals surface area contributed by atoms with Gasteiger partial charge in [-0.25, -0.2) is 0 Å². The predicted octanol–water partition coefficient (Wildman–Crippen LogP) is 2.10. The van der Waals surface area contributed by atoms with E-state index in [1.54, 1.807) is 20.8 Å².